The summed E-state index contributed by atoms with van der Waals surface area (Å²) in [5.41, 5.74) is 3.52. The van der Waals surface area contributed by atoms with E-state index in [1.54, 1.807) is 0 Å². The van der Waals surface area contributed by atoms with Crippen molar-refractivity contribution in [2.75, 3.05) is 27.2 Å². The predicted molar refractivity (Wildman–Crippen MR) is 103 cm³/mol. The van der Waals surface area contributed by atoms with E-state index in [-0.39, 0.29) is 0 Å². The van der Waals surface area contributed by atoms with Gasteiger partial charge in [-0.25, -0.2) is 9.97 Å². The second-order valence-electron chi connectivity index (χ2n) is 7.86. The summed E-state index contributed by atoms with van der Waals surface area (Å²) in [5, 5.41) is 0. The van der Waals surface area contributed by atoms with Crippen molar-refractivity contribution < 1.29 is 0 Å². The quantitative estimate of drug-likeness (QED) is 0.836. The molecule has 4 heteroatoms. The molecule has 0 radical (unpaired) electrons. The molecule has 1 aromatic carbocycles. The molecular weight excluding hydrogens is 308 g/mol. The lowest BCUT2D eigenvalue weighted by Crippen LogP contribution is -2.37. The monoisotopic (exact) mass is 338 g/mol. The fourth-order valence-electron chi connectivity index (χ4n) is 3.88. The number of nitrogens with zero attached hydrogens (tertiary/aromatic N) is 4. The Morgan fingerprint density at radius 2 is 1.80 bits per heavy atom. The standard InChI is InChI=1S/C21H30N4/c1-15(2)19-13-25(14-20(19)24(4)5)12-17-10-22-21(23-11-17)18-9-7-6-8-16(18)3/h6-11,15,19-20H,12-14H2,1-5H3. The molecule has 4 nitrogen and oxygen atoms in total. The topological polar surface area (TPSA) is 32.3 Å². The minimum atomic E-state index is 0.632. The lowest BCUT2D eigenvalue weighted by Gasteiger charge is -2.27. The van der Waals surface area contributed by atoms with Gasteiger partial charge in [0.15, 0.2) is 5.82 Å². The van der Waals surface area contributed by atoms with Gasteiger partial charge in [-0.2, -0.15) is 0 Å². The number of aromatic nitrogens is 2. The smallest absolute Gasteiger partial charge is 0.159 e. The van der Waals surface area contributed by atoms with E-state index in [0.717, 1.165) is 36.9 Å². The predicted octanol–water partition coefficient (Wildman–Crippen LogP) is 3.47. The molecule has 0 spiro atoms. The van der Waals surface area contributed by atoms with Crippen molar-refractivity contribution in [2.24, 2.45) is 11.8 Å². The highest BCUT2D eigenvalue weighted by molar-refractivity contribution is 5.59. The maximum atomic E-state index is 4.61. The molecular formula is C21H30N4. The molecule has 0 aliphatic carbocycles. The van der Waals surface area contributed by atoms with E-state index >= 15 is 0 Å². The number of likely N-dealkylation sites (N-methyl/N-ethyl adjacent to an activating group) is 1. The fourth-order valence-corrected chi connectivity index (χ4v) is 3.88. The molecule has 1 saturated heterocycles. The van der Waals surface area contributed by atoms with Crippen molar-refractivity contribution in [1.82, 2.24) is 19.8 Å². The zero-order valence-corrected chi connectivity index (χ0v) is 16.1. The molecule has 0 saturated carbocycles. The maximum absolute atomic E-state index is 4.61. The summed E-state index contributed by atoms with van der Waals surface area (Å²) in [4.78, 5) is 14.1. The van der Waals surface area contributed by atoms with Crippen LogP contribution in [-0.4, -0.2) is 53.0 Å². The van der Waals surface area contributed by atoms with Gasteiger partial charge in [-0.3, -0.25) is 4.90 Å². The number of hydrogen-bond acceptors (Lipinski definition) is 4. The van der Waals surface area contributed by atoms with Crippen LogP contribution in [0.5, 0.6) is 0 Å². The Bertz CT molecular complexity index is 677. The van der Waals surface area contributed by atoms with Crippen LogP contribution in [0.4, 0.5) is 0 Å². The minimum Gasteiger partial charge on any atom is -0.305 e. The third kappa shape index (κ3) is 4.07. The average molecular weight is 338 g/mol. The fraction of sp³-hybridized carbons (Fsp3) is 0.524. The number of benzene rings is 1. The van der Waals surface area contributed by atoms with E-state index in [2.05, 4.69) is 66.8 Å². The highest BCUT2D eigenvalue weighted by Gasteiger charge is 2.35. The molecule has 25 heavy (non-hydrogen) atoms. The van der Waals surface area contributed by atoms with Crippen LogP contribution in [0.3, 0.4) is 0 Å². The Morgan fingerprint density at radius 3 is 2.36 bits per heavy atom. The van der Waals surface area contributed by atoms with Crippen molar-refractivity contribution in [3.8, 4) is 11.4 Å². The van der Waals surface area contributed by atoms with Crippen molar-refractivity contribution in [1.29, 1.82) is 0 Å². The third-order valence-corrected chi connectivity index (χ3v) is 5.43. The van der Waals surface area contributed by atoms with Crippen LogP contribution in [0.1, 0.15) is 25.0 Å². The van der Waals surface area contributed by atoms with E-state index in [4.69, 9.17) is 0 Å². The minimum absolute atomic E-state index is 0.632. The van der Waals surface area contributed by atoms with Crippen LogP contribution in [0.25, 0.3) is 11.4 Å². The second kappa shape index (κ2) is 7.63. The van der Waals surface area contributed by atoms with Gasteiger partial charge in [-0.05, 0) is 38.4 Å². The molecule has 1 aliphatic rings. The van der Waals surface area contributed by atoms with Crippen LogP contribution in [0.2, 0.25) is 0 Å². The highest BCUT2D eigenvalue weighted by atomic mass is 15.2. The van der Waals surface area contributed by atoms with Crippen molar-refractivity contribution in [2.45, 2.75) is 33.4 Å². The zero-order valence-electron chi connectivity index (χ0n) is 16.1. The zero-order chi connectivity index (χ0) is 18.0. The van der Waals surface area contributed by atoms with Gasteiger partial charge in [0.2, 0.25) is 0 Å². The first-order valence-electron chi connectivity index (χ1n) is 9.21. The van der Waals surface area contributed by atoms with Gasteiger partial charge in [0.25, 0.3) is 0 Å². The number of hydrogen-bond donors (Lipinski definition) is 0. The Kier molecular flexibility index (Phi) is 5.50. The lowest BCUT2D eigenvalue weighted by molar-refractivity contribution is 0.215. The number of rotatable bonds is 5. The summed E-state index contributed by atoms with van der Waals surface area (Å²) in [6.45, 7) is 9.98. The number of aryl methyl sites for hydroxylation is 1. The van der Waals surface area contributed by atoms with Crippen molar-refractivity contribution in [3.63, 3.8) is 0 Å². The van der Waals surface area contributed by atoms with Gasteiger partial charge in [-0.15, -0.1) is 0 Å². The van der Waals surface area contributed by atoms with Crippen LogP contribution in [0, 0.1) is 18.8 Å². The molecule has 1 aliphatic heterocycles. The summed E-state index contributed by atoms with van der Waals surface area (Å²) in [6.07, 6.45) is 3.98. The van der Waals surface area contributed by atoms with E-state index in [1.807, 2.05) is 24.5 Å². The van der Waals surface area contributed by atoms with Gasteiger partial charge >= 0.3 is 0 Å². The van der Waals surface area contributed by atoms with E-state index < -0.39 is 0 Å². The van der Waals surface area contributed by atoms with Gasteiger partial charge < -0.3 is 4.90 Å². The van der Waals surface area contributed by atoms with Crippen LogP contribution in [0.15, 0.2) is 36.7 Å². The first-order chi connectivity index (χ1) is 12.0. The molecule has 134 valence electrons. The molecule has 3 rings (SSSR count). The summed E-state index contributed by atoms with van der Waals surface area (Å²) >= 11 is 0. The number of likely N-dealkylation sites (tertiary alicyclic amines) is 1. The largest absolute Gasteiger partial charge is 0.305 e. The molecule has 2 heterocycles. The Labute approximate surface area is 151 Å². The first kappa shape index (κ1) is 18.0. The first-order valence-corrected chi connectivity index (χ1v) is 9.21. The average Bonchev–Trinajstić information content (AvgIpc) is 3.01. The second-order valence-corrected chi connectivity index (χ2v) is 7.86. The van der Waals surface area contributed by atoms with Crippen LogP contribution < -0.4 is 0 Å². The van der Waals surface area contributed by atoms with Crippen molar-refractivity contribution >= 4 is 0 Å². The van der Waals surface area contributed by atoms with Gasteiger partial charge in [-0.1, -0.05) is 38.1 Å². The third-order valence-electron chi connectivity index (χ3n) is 5.43. The summed E-state index contributed by atoms with van der Waals surface area (Å²) in [5.74, 6) is 2.24. The van der Waals surface area contributed by atoms with Crippen LogP contribution in [-0.2, 0) is 6.54 Å². The Balaban J connectivity index is 1.69. The molecule has 2 atom stereocenters. The molecule has 1 fully saturated rings. The lowest BCUT2D eigenvalue weighted by atomic mass is 9.91. The highest BCUT2D eigenvalue weighted by Crippen LogP contribution is 2.28. The molecule has 2 unspecified atom stereocenters. The van der Waals surface area contributed by atoms with Gasteiger partial charge in [0.1, 0.15) is 0 Å². The maximum Gasteiger partial charge on any atom is 0.159 e. The Morgan fingerprint density at radius 1 is 1.12 bits per heavy atom. The summed E-state index contributed by atoms with van der Waals surface area (Å²) in [7, 11) is 4.40. The van der Waals surface area contributed by atoms with E-state index in [1.165, 1.54) is 11.1 Å². The molecule has 0 amide bonds. The van der Waals surface area contributed by atoms with Gasteiger partial charge in [0.05, 0.1) is 0 Å². The summed E-state index contributed by atoms with van der Waals surface area (Å²) < 4.78 is 0. The molecule has 1 aromatic heterocycles. The van der Waals surface area contributed by atoms with Gasteiger partial charge in [0, 0.05) is 49.2 Å². The summed E-state index contributed by atoms with van der Waals surface area (Å²) in [6, 6.07) is 8.90. The van der Waals surface area contributed by atoms with E-state index in [9.17, 15) is 0 Å². The van der Waals surface area contributed by atoms with E-state index in [0.29, 0.717) is 12.0 Å². The van der Waals surface area contributed by atoms with Crippen LogP contribution >= 0.6 is 0 Å². The molecule has 0 N–H and O–H groups in total. The SMILES string of the molecule is Cc1ccccc1-c1ncc(CN2CC(C(C)C)C(N(C)C)C2)cn1. The van der Waals surface area contributed by atoms with Crippen molar-refractivity contribution in [3.05, 3.63) is 47.8 Å². The Hall–Kier alpha value is -1.78. The normalized spacial score (nSPS) is 21.4. The molecule has 2 aromatic rings. The molecule has 0 bridgehead atoms.